The third kappa shape index (κ3) is 3.08. The lowest BCUT2D eigenvalue weighted by Crippen LogP contribution is -2.51. The lowest BCUT2D eigenvalue weighted by molar-refractivity contribution is 0.0482. The SMILES string of the molecule is CC(C)N1CC2(CCN(C(=O)c3ccn(C)n3)C2)Oc2ccccc2S1(=O)=O. The Morgan fingerprint density at radius 1 is 1.21 bits per heavy atom. The molecule has 1 amide bonds. The molecule has 1 atom stereocenters. The second-order valence-electron chi connectivity index (χ2n) is 7.73. The number of carbonyl (C=O) groups is 1. The first-order valence-electron chi connectivity index (χ1n) is 9.31. The number of nitrogens with zero attached hydrogens (tertiary/aromatic N) is 4. The predicted octanol–water partition coefficient (Wildman–Crippen LogP) is 1.50. The van der Waals surface area contributed by atoms with Gasteiger partial charge in [0.2, 0.25) is 10.0 Å². The zero-order chi connectivity index (χ0) is 20.1. The second kappa shape index (κ2) is 6.59. The van der Waals surface area contributed by atoms with E-state index in [4.69, 9.17) is 4.74 Å². The largest absolute Gasteiger partial charge is 0.483 e. The fraction of sp³-hybridized carbons (Fsp3) is 0.474. The van der Waals surface area contributed by atoms with Gasteiger partial charge in [0.1, 0.15) is 21.9 Å². The number of amides is 1. The topological polar surface area (TPSA) is 84.7 Å². The number of sulfonamides is 1. The molecule has 1 aromatic carbocycles. The van der Waals surface area contributed by atoms with E-state index >= 15 is 0 Å². The highest BCUT2D eigenvalue weighted by atomic mass is 32.2. The maximum absolute atomic E-state index is 13.2. The van der Waals surface area contributed by atoms with Crippen LogP contribution in [0.5, 0.6) is 5.75 Å². The maximum Gasteiger partial charge on any atom is 0.274 e. The van der Waals surface area contributed by atoms with Crippen molar-refractivity contribution in [3.8, 4) is 5.75 Å². The van der Waals surface area contributed by atoms with Crippen molar-refractivity contribution in [3.05, 3.63) is 42.2 Å². The number of ether oxygens (including phenoxy) is 1. The number of fused-ring (bicyclic) bond motifs is 1. The van der Waals surface area contributed by atoms with Crippen molar-refractivity contribution >= 4 is 15.9 Å². The quantitative estimate of drug-likeness (QED) is 0.757. The molecular weight excluding hydrogens is 380 g/mol. The lowest BCUT2D eigenvalue weighted by atomic mass is 10.0. The third-order valence-electron chi connectivity index (χ3n) is 5.32. The van der Waals surface area contributed by atoms with Crippen molar-refractivity contribution in [2.75, 3.05) is 19.6 Å². The van der Waals surface area contributed by atoms with Crippen LogP contribution in [0.25, 0.3) is 0 Å². The second-order valence-corrected chi connectivity index (χ2v) is 9.59. The van der Waals surface area contributed by atoms with Gasteiger partial charge in [-0.05, 0) is 32.0 Å². The minimum absolute atomic E-state index is 0.169. The van der Waals surface area contributed by atoms with E-state index in [1.165, 1.54) is 4.31 Å². The fourth-order valence-corrected chi connectivity index (χ4v) is 5.72. The molecule has 28 heavy (non-hydrogen) atoms. The van der Waals surface area contributed by atoms with Crippen LogP contribution in [0, 0.1) is 0 Å². The van der Waals surface area contributed by atoms with Gasteiger partial charge in [0, 0.05) is 32.3 Å². The van der Waals surface area contributed by atoms with Crippen molar-refractivity contribution < 1.29 is 17.9 Å². The van der Waals surface area contributed by atoms with E-state index in [0.29, 0.717) is 31.0 Å². The normalized spacial score (nSPS) is 24.2. The first-order chi connectivity index (χ1) is 13.2. The number of hydrogen-bond donors (Lipinski definition) is 0. The summed E-state index contributed by atoms with van der Waals surface area (Å²) in [6.45, 7) is 4.71. The molecule has 1 saturated heterocycles. The molecule has 8 nitrogen and oxygen atoms in total. The molecule has 0 radical (unpaired) electrons. The summed E-state index contributed by atoms with van der Waals surface area (Å²) in [7, 11) is -1.92. The summed E-state index contributed by atoms with van der Waals surface area (Å²) in [6.07, 6.45) is 2.28. The smallest absolute Gasteiger partial charge is 0.274 e. The molecule has 0 aliphatic carbocycles. The molecule has 0 N–H and O–H groups in total. The van der Waals surface area contributed by atoms with Gasteiger partial charge >= 0.3 is 0 Å². The van der Waals surface area contributed by atoms with Crippen molar-refractivity contribution in [3.63, 3.8) is 0 Å². The summed E-state index contributed by atoms with van der Waals surface area (Å²) in [5.74, 6) is 0.176. The molecule has 150 valence electrons. The molecule has 2 aliphatic rings. The Morgan fingerprint density at radius 2 is 1.96 bits per heavy atom. The number of benzene rings is 1. The molecule has 9 heteroatoms. The average molecular weight is 404 g/mol. The van der Waals surface area contributed by atoms with E-state index in [1.54, 1.807) is 53.2 Å². The molecule has 4 rings (SSSR count). The Morgan fingerprint density at radius 3 is 2.64 bits per heavy atom. The zero-order valence-electron chi connectivity index (χ0n) is 16.2. The molecule has 2 aliphatic heterocycles. The van der Waals surface area contributed by atoms with Crippen LogP contribution in [-0.4, -0.2) is 64.6 Å². The summed E-state index contributed by atoms with van der Waals surface area (Å²) in [5, 5.41) is 4.19. The maximum atomic E-state index is 13.2. The van der Waals surface area contributed by atoms with Crippen molar-refractivity contribution in [1.82, 2.24) is 19.0 Å². The Balaban J connectivity index is 1.69. The highest BCUT2D eigenvalue weighted by Crippen LogP contribution is 2.39. The highest BCUT2D eigenvalue weighted by Gasteiger charge is 2.49. The van der Waals surface area contributed by atoms with Crippen LogP contribution in [0.2, 0.25) is 0 Å². The first-order valence-corrected chi connectivity index (χ1v) is 10.7. The van der Waals surface area contributed by atoms with Crippen LogP contribution in [-0.2, 0) is 17.1 Å². The zero-order valence-corrected chi connectivity index (χ0v) is 17.0. The minimum Gasteiger partial charge on any atom is -0.483 e. The van der Waals surface area contributed by atoms with Gasteiger partial charge < -0.3 is 9.64 Å². The van der Waals surface area contributed by atoms with Crippen LogP contribution in [0.4, 0.5) is 0 Å². The molecule has 1 spiro atoms. The van der Waals surface area contributed by atoms with Crippen molar-refractivity contribution in [2.45, 2.75) is 36.8 Å². The number of hydrogen-bond acceptors (Lipinski definition) is 5. The molecule has 2 aromatic rings. The van der Waals surface area contributed by atoms with Crippen LogP contribution >= 0.6 is 0 Å². The molecule has 0 bridgehead atoms. The monoisotopic (exact) mass is 404 g/mol. The minimum atomic E-state index is -3.68. The van der Waals surface area contributed by atoms with Gasteiger partial charge in [0.15, 0.2) is 0 Å². The van der Waals surface area contributed by atoms with Gasteiger partial charge in [-0.15, -0.1) is 0 Å². The van der Waals surface area contributed by atoms with E-state index in [1.807, 2.05) is 13.8 Å². The van der Waals surface area contributed by atoms with E-state index in [2.05, 4.69) is 5.10 Å². The molecule has 3 heterocycles. The first kappa shape index (κ1) is 18.9. The summed E-state index contributed by atoms with van der Waals surface area (Å²) in [5.41, 5.74) is -0.407. The number of para-hydroxylation sites is 1. The van der Waals surface area contributed by atoms with Gasteiger partial charge in [-0.2, -0.15) is 9.40 Å². The lowest BCUT2D eigenvalue weighted by Gasteiger charge is -2.33. The number of aryl methyl sites for hydroxylation is 1. The number of likely N-dealkylation sites (tertiary alicyclic amines) is 1. The average Bonchev–Trinajstić information content (AvgIpc) is 3.24. The van der Waals surface area contributed by atoms with Crippen molar-refractivity contribution in [2.24, 2.45) is 7.05 Å². The molecular formula is C19H24N4O4S. The van der Waals surface area contributed by atoms with Gasteiger partial charge in [-0.3, -0.25) is 9.48 Å². The summed E-state index contributed by atoms with van der Waals surface area (Å²) in [6, 6.07) is 8.17. The van der Waals surface area contributed by atoms with Gasteiger partial charge in [-0.25, -0.2) is 8.42 Å². The van der Waals surface area contributed by atoms with E-state index < -0.39 is 15.6 Å². The molecule has 0 saturated carbocycles. The van der Waals surface area contributed by atoms with Crippen molar-refractivity contribution in [1.29, 1.82) is 0 Å². The Hall–Kier alpha value is -2.39. The number of carbonyl (C=O) groups excluding carboxylic acids is 1. The number of aromatic nitrogens is 2. The fourth-order valence-electron chi connectivity index (χ4n) is 3.89. The van der Waals surface area contributed by atoms with Crippen LogP contribution < -0.4 is 4.74 Å². The van der Waals surface area contributed by atoms with Gasteiger partial charge in [-0.1, -0.05) is 12.1 Å². The Labute approximate surface area is 164 Å². The Bertz CT molecular complexity index is 1020. The number of rotatable bonds is 2. The summed E-state index contributed by atoms with van der Waals surface area (Å²) >= 11 is 0. The van der Waals surface area contributed by atoms with Gasteiger partial charge in [0.05, 0.1) is 13.1 Å². The van der Waals surface area contributed by atoms with E-state index in [9.17, 15) is 13.2 Å². The van der Waals surface area contributed by atoms with E-state index in [0.717, 1.165) is 0 Å². The standard InChI is InChI=1S/C19H24N4O4S/c1-14(2)23-13-19(27-16-6-4-5-7-17(16)28(23,25)26)9-11-22(12-19)18(24)15-8-10-21(3)20-15/h4-8,10,14H,9,11-13H2,1-3H3. The third-order valence-corrected chi connectivity index (χ3v) is 7.38. The van der Waals surface area contributed by atoms with Gasteiger partial charge in [0.25, 0.3) is 5.91 Å². The van der Waals surface area contributed by atoms with Crippen LogP contribution in [0.3, 0.4) is 0 Å². The van der Waals surface area contributed by atoms with Crippen LogP contribution in [0.15, 0.2) is 41.4 Å². The highest BCUT2D eigenvalue weighted by molar-refractivity contribution is 7.89. The molecule has 1 unspecified atom stereocenters. The van der Waals surface area contributed by atoms with E-state index in [-0.39, 0.29) is 23.4 Å². The predicted molar refractivity (Wildman–Crippen MR) is 103 cm³/mol. The van der Waals surface area contributed by atoms with Crippen LogP contribution in [0.1, 0.15) is 30.8 Å². The Kier molecular flexibility index (Phi) is 4.46. The molecule has 1 aromatic heterocycles. The summed E-state index contributed by atoms with van der Waals surface area (Å²) < 4.78 is 35.8. The molecule has 1 fully saturated rings. The summed E-state index contributed by atoms with van der Waals surface area (Å²) in [4.78, 5) is 14.7.